The van der Waals surface area contributed by atoms with Gasteiger partial charge in [-0.25, -0.2) is 9.78 Å². The second-order valence-electron chi connectivity index (χ2n) is 6.06. The largest absolute Gasteiger partial charge is 0.465 e. The lowest BCUT2D eigenvalue weighted by molar-refractivity contribution is -0.164. The van der Waals surface area contributed by atoms with Crippen LogP contribution in [0.4, 0.5) is 0 Å². The summed E-state index contributed by atoms with van der Waals surface area (Å²) < 4.78 is 10.7. The fraction of sp³-hybridized carbons (Fsp3) is 0.500. The highest BCUT2D eigenvalue weighted by Crippen LogP contribution is 2.38. The number of hydrogen-bond acceptors (Lipinski definition) is 7. The van der Waals surface area contributed by atoms with Gasteiger partial charge in [-0.2, -0.15) is 0 Å². The van der Waals surface area contributed by atoms with Gasteiger partial charge in [-0.05, 0) is 39.8 Å². The monoisotopic (exact) mass is 336 g/mol. The SMILES string of the molecule is CCOC(=O)C(c1cscn1)C1(C(=O)OC(C)(C)C)C=CC=N1. The standard InChI is InChI=1S/C16H20N2O4S/c1-5-21-13(19)12(11-9-23-10-17-11)16(7-6-8-18-16)14(20)22-15(2,3)4/h6-10,12H,5H2,1-4H3. The molecule has 2 rings (SSSR count). The molecule has 2 atom stereocenters. The first-order valence-electron chi connectivity index (χ1n) is 7.31. The Hall–Kier alpha value is -2.02. The summed E-state index contributed by atoms with van der Waals surface area (Å²) in [5, 5.41) is 1.72. The van der Waals surface area contributed by atoms with Gasteiger partial charge in [0.15, 0.2) is 5.54 Å². The Kier molecular flexibility index (Phi) is 4.99. The van der Waals surface area contributed by atoms with Gasteiger partial charge in [-0.15, -0.1) is 11.3 Å². The maximum absolute atomic E-state index is 12.8. The Morgan fingerprint density at radius 2 is 2.13 bits per heavy atom. The van der Waals surface area contributed by atoms with Gasteiger partial charge in [-0.3, -0.25) is 9.79 Å². The van der Waals surface area contributed by atoms with Crippen LogP contribution in [0.1, 0.15) is 39.3 Å². The third kappa shape index (κ3) is 3.67. The summed E-state index contributed by atoms with van der Waals surface area (Å²) in [6.07, 6.45) is 4.69. The molecule has 0 bridgehead atoms. The summed E-state index contributed by atoms with van der Waals surface area (Å²) in [5.41, 5.74) is -0.125. The van der Waals surface area contributed by atoms with E-state index in [1.54, 1.807) is 50.7 Å². The van der Waals surface area contributed by atoms with Gasteiger partial charge in [0.05, 0.1) is 17.8 Å². The number of aliphatic imine (C=N–C) groups is 1. The molecule has 0 fully saturated rings. The van der Waals surface area contributed by atoms with Crippen molar-refractivity contribution in [3.8, 4) is 0 Å². The van der Waals surface area contributed by atoms with Gasteiger partial charge < -0.3 is 9.47 Å². The highest BCUT2D eigenvalue weighted by atomic mass is 32.1. The molecule has 0 amide bonds. The molecule has 0 aromatic carbocycles. The minimum atomic E-state index is -1.48. The van der Waals surface area contributed by atoms with Crippen molar-refractivity contribution >= 4 is 29.5 Å². The molecule has 0 N–H and O–H groups in total. The first kappa shape index (κ1) is 17.3. The number of thiazole rings is 1. The van der Waals surface area contributed by atoms with Crippen LogP contribution in [0.5, 0.6) is 0 Å². The molecular formula is C16H20N2O4S. The van der Waals surface area contributed by atoms with Crippen LogP contribution in [0, 0.1) is 0 Å². The van der Waals surface area contributed by atoms with Crippen molar-refractivity contribution in [2.75, 3.05) is 6.61 Å². The van der Waals surface area contributed by atoms with Crippen molar-refractivity contribution < 1.29 is 19.1 Å². The van der Waals surface area contributed by atoms with E-state index in [4.69, 9.17) is 9.47 Å². The van der Waals surface area contributed by atoms with Crippen molar-refractivity contribution in [3.63, 3.8) is 0 Å². The van der Waals surface area contributed by atoms with Crippen molar-refractivity contribution in [1.82, 2.24) is 4.98 Å². The van der Waals surface area contributed by atoms with E-state index in [0.717, 1.165) is 0 Å². The van der Waals surface area contributed by atoms with Crippen molar-refractivity contribution in [1.29, 1.82) is 0 Å². The number of carbonyl (C=O) groups is 2. The molecule has 2 unspecified atom stereocenters. The molecule has 0 spiro atoms. The predicted molar refractivity (Wildman–Crippen MR) is 87.7 cm³/mol. The molecule has 0 radical (unpaired) electrons. The first-order valence-corrected chi connectivity index (χ1v) is 8.25. The van der Waals surface area contributed by atoms with E-state index in [1.807, 2.05) is 0 Å². The Morgan fingerprint density at radius 3 is 2.61 bits per heavy atom. The molecule has 0 saturated carbocycles. The van der Waals surface area contributed by atoms with E-state index in [9.17, 15) is 9.59 Å². The van der Waals surface area contributed by atoms with Gasteiger partial charge in [-0.1, -0.05) is 0 Å². The second kappa shape index (κ2) is 6.62. The van der Waals surface area contributed by atoms with Crippen LogP contribution in [0.15, 0.2) is 28.0 Å². The zero-order valence-corrected chi connectivity index (χ0v) is 14.4. The summed E-state index contributed by atoms with van der Waals surface area (Å²) in [7, 11) is 0. The summed E-state index contributed by atoms with van der Waals surface area (Å²) >= 11 is 1.34. The van der Waals surface area contributed by atoms with E-state index in [1.165, 1.54) is 17.6 Å². The minimum Gasteiger partial charge on any atom is -0.465 e. The van der Waals surface area contributed by atoms with Crippen molar-refractivity contribution in [3.05, 3.63) is 28.7 Å². The predicted octanol–water partition coefficient (Wildman–Crippen LogP) is 2.51. The fourth-order valence-electron chi connectivity index (χ4n) is 2.28. The van der Waals surface area contributed by atoms with E-state index >= 15 is 0 Å². The summed E-state index contributed by atoms with van der Waals surface area (Å²) in [6.45, 7) is 7.22. The van der Waals surface area contributed by atoms with Crippen LogP contribution in [0.2, 0.25) is 0 Å². The number of aromatic nitrogens is 1. The Labute approximate surface area is 139 Å². The highest BCUT2D eigenvalue weighted by Gasteiger charge is 2.53. The molecule has 23 heavy (non-hydrogen) atoms. The molecule has 124 valence electrons. The molecule has 1 aromatic heterocycles. The first-order chi connectivity index (χ1) is 10.8. The van der Waals surface area contributed by atoms with E-state index in [2.05, 4.69) is 9.98 Å². The third-order valence-corrected chi connectivity index (χ3v) is 3.76. The van der Waals surface area contributed by atoms with Crippen LogP contribution < -0.4 is 0 Å². The topological polar surface area (TPSA) is 77.8 Å². The average Bonchev–Trinajstić information content (AvgIpc) is 3.09. The molecule has 1 aliphatic rings. The molecule has 7 heteroatoms. The van der Waals surface area contributed by atoms with Gasteiger partial charge in [0.2, 0.25) is 0 Å². The molecule has 0 aliphatic carbocycles. The zero-order chi connectivity index (χ0) is 17.1. The molecule has 1 aromatic rings. The zero-order valence-electron chi connectivity index (χ0n) is 13.6. The summed E-state index contributed by atoms with van der Waals surface area (Å²) in [5.74, 6) is -2.12. The molecule has 2 heterocycles. The fourth-order valence-corrected chi connectivity index (χ4v) is 2.86. The molecule has 6 nitrogen and oxygen atoms in total. The normalized spacial score (nSPS) is 21.2. The number of esters is 2. The number of nitrogens with zero attached hydrogens (tertiary/aromatic N) is 2. The molecule has 1 aliphatic heterocycles. The lowest BCUT2D eigenvalue weighted by atomic mass is 9.82. The smallest absolute Gasteiger partial charge is 0.339 e. The number of ether oxygens (including phenoxy) is 2. The molecular weight excluding hydrogens is 316 g/mol. The summed E-state index contributed by atoms with van der Waals surface area (Å²) in [6, 6.07) is 0. The van der Waals surface area contributed by atoms with Crippen molar-refractivity contribution in [2.45, 2.75) is 44.8 Å². The van der Waals surface area contributed by atoms with Gasteiger partial charge in [0.25, 0.3) is 0 Å². The summed E-state index contributed by atoms with van der Waals surface area (Å²) in [4.78, 5) is 33.8. The van der Waals surface area contributed by atoms with Crippen LogP contribution in [0.25, 0.3) is 0 Å². The number of carbonyl (C=O) groups excluding carboxylic acids is 2. The Morgan fingerprint density at radius 1 is 1.39 bits per heavy atom. The van der Waals surface area contributed by atoms with Gasteiger partial charge in [0.1, 0.15) is 11.5 Å². The lowest BCUT2D eigenvalue weighted by Gasteiger charge is -2.32. The Balaban J connectivity index is 2.47. The minimum absolute atomic E-state index is 0.206. The van der Waals surface area contributed by atoms with Crippen LogP contribution in [-0.2, 0) is 19.1 Å². The van der Waals surface area contributed by atoms with E-state index in [0.29, 0.717) is 5.69 Å². The van der Waals surface area contributed by atoms with Crippen LogP contribution in [0.3, 0.4) is 0 Å². The maximum atomic E-state index is 12.8. The Bertz CT molecular complexity index is 617. The third-order valence-electron chi connectivity index (χ3n) is 3.16. The highest BCUT2D eigenvalue weighted by molar-refractivity contribution is 7.07. The van der Waals surface area contributed by atoms with Gasteiger partial charge >= 0.3 is 11.9 Å². The average molecular weight is 336 g/mol. The second-order valence-corrected chi connectivity index (χ2v) is 6.78. The number of allylic oxidation sites excluding steroid dienone is 1. The molecule has 0 saturated heterocycles. The quantitative estimate of drug-likeness (QED) is 0.772. The van der Waals surface area contributed by atoms with E-state index < -0.39 is 29.0 Å². The van der Waals surface area contributed by atoms with Gasteiger partial charge in [0, 0.05) is 11.6 Å². The lowest BCUT2D eigenvalue weighted by Crippen LogP contribution is -2.47. The van der Waals surface area contributed by atoms with Crippen LogP contribution in [-0.4, -0.2) is 40.9 Å². The number of rotatable bonds is 5. The maximum Gasteiger partial charge on any atom is 0.339 e. The van der Waals surface area contributed by atoms with Crippen LogP contribution >= 0.6 is 11.3 Å². The van der Waals surface area contributed by atoms with Crippen molar-refractivity contribution in [2.24, 2.45) is 4.99 Å². The van der Waals surface area contributed by atoms with E-state index in [-0.39, 0.29) is 6.61 Å². The number of hydrogen-bond donors (Lipinski definition) is 0.